The molecule has 0 amide bonds. The summed E-state index contributed by atoms with van der Waals surface area (Å²) in [6.07, 6.45) is 0.298. The average Bonchev–Trinajstić information content (AvgIpc) is 2.88. The molecule has 1 heterocycles. The zero-order valence-electron chi connectivity index (χ0n) is 11.5. The number of hydrogen-bond donors (Lipinski definition) is 1. The summed E-state index contributed by atoms with van der Waals surface area (Å²) in [6.45, 7) is 0. The largest absolute Gasteiger partial charge is 0.496 e. The van der Waals surface area contributed by atoms with Gasteiger partial charge >= 0.3 is 0 Å². The van der Waals surface area contributed by atoms with Crippen LogP contribution < -0.4 is 10.5 Å². The lowest BCUT2D eigenvalue weighted by Gasteiger charge is -2.14. The minimum Gasteiger partial charge on any atom is -0.496 e. The van der Waals surface area contributed by atoms with Crippen molar-refractivity contribution >= 4 is 11.1 Å². The molecule has 0 spiro atoms. The van der Waals surface area contributed by atoms with E-state index in [0.29, 0.717) is 29.2 Å². The Balaban J connectivity index is 1.91. The predicted molar refractivity (Wildman–Crippen MR) is 77.6 cm³/mol. The fraction of sp³-hybridized carbons (Fsp3) is 0.188. The maximum atomic E-state index is 14.0. The van der Waals surface area contributed by atoms with Crippen LogP contribution in [0.1, 0.15) is 17.5 Å². The van der Waals surface area contributed by atoms with Crippen molar-refractivity contribution in [2.75, 3.05) is 7.11 Å². The van der Waals surface area contributed by atoms with Crippen molar-refractivity contribution in [1.82, 2.24) is 4.98 Å². The number of benzene rings is 2. The Morgan fingerprint density at radius 2 is 2.05 bits per heavy atom. The summed E-state index contributed by atoms with van der Waals surface area (Å²) < 4.78 is 24.8. The normalized spacial score (nSPS) is 12.5. The minimum atomic E-state index is -0.589. The van der Waals surface area contributed by atoms with Gasteiger partial charge in [-0.2, -0.15) is 0 Å². The van der Waals surface area contributed by atoms with Crippen molar-refractivity contribution in [2.45, 2.75) is 12.5 Å². The topological polar surface area (TPSA) is 61.3 Å². The molecule has 1 unspecified atom stereocenters. The van der Waals surface area contributed by atoms with E-state index < -0.39 is 11.9 Å². The Hall–Kier alpha value is -2.40. The van der Waals surface area contributed by atoms with Crippen molar-refractivity contribution < 1.29 is 13.5 Å². The van der Waals surface area contributed by atoms with Gasteiger partial charge in [0.1, 0.15) is 17.1 Å². The summed E-state index contributed by atoms with van der Waals surface area (Å²) in [7, 11) is 1.49. The molecule has 0 aliphatic heterocycles. The van der Waals surface area contributed by atoms with Crippen LogP contribution in [-0.2, 0) is 6.42 Å². The molecule has 1 atom stereocenters. The standard InChI is InChI=1S/C16H15FN2O2/c1-20-14-8-4-5-10(17)16(14)11(18)9-15-19-12-6-2-3-7-13(12)21-15/h2-8,11H,9,18H2,1H3. The number of oxazole rings is 1. The molecule has 108 valence electrons. The molecule has 3 aromatic rings. The first-order valence-corrected chi connectivity index (χ1v) is 6.61. The second-order valence-corrected chi connectivity index (χ2v) is 4.74. The van der Waals surface area contributed by atoms with Gasteiger partial charge in [-0.1, -0.05) is 18.2 Å². The molecule has 0 fully saturated rings. The molecule has 0 aliphatic carbocycles. The number of rotatable bonds is 4. The molecule has 2 N–H and O–H groups in total. The first-order valence-electron chi connectivity index (χ1n) is 6.61. The lowest BCUT2D eigenvalue weighted by molar-refractivity contribution is 0.395. The summed E-state index contributed by atoms with van der Waals surface area (Å²) in [5, 5.41) is 0. The zero-order chi connectivity index (χ0) is 14.8. The van der Waals surface area contributed by atoms with Gasteiger partial charge in [0.05, 0.1) is 7.11 Å². The Morgan fingerprint density at radius 1 is 1.24 bits per heavy atom. The number of hydrogen-bond acceptors (Lipinski definition) is 4. The second kappa shape index (κ2) is 5.54. The number of methoxy groups -OCH3 is 1. The molecule has 0 saturated heterocycles. The molecule has 0 bridgehead atoms. The number of para-hydroxylation sites is 2. The highest BCUT2D eigenvalue weighted by molar-refractivity contribution is 5.72. The van der Waals surface area contributed by atoms with E-state index >= 15 is 0 Å². The van der Waals surface area contributed by atoms with Crippen LogP contribution in [-0.4, -0.2) is 12.1 Å². The number of fused-ring (bicyclic) bond motifs is 1. The van der Waals surface area contributed by atoms with E-state index in [-0.39, 0.29) is 0 Å². The van der Waals surface area contributed by atoms with Crippen LogP contribution in [0.2, 0.25) is 0 Å². The van der Waals surface area contributed by atoms with Gasteiger partial charge in [0, 0.05) is 18.0 Å². The molecule has 1 aromatic heterocycles. The Morgan fingerprint density at radius 3 is 2.81 bits per heavy atom. The van der Waals surface area contributed by atoms with E-state index in [1.54, 1.807) is 12.1 Å². The van der Waals surface area contributed by atoms with Gasteiger partial charge in [0.25, 0.3) is 0 Å². The van der Waals surface area contributed by atoms with Crippen LogP contribution in [0.3, 0.4) is 0 Å². The Labute approximate surface area is 121 Å². The number of ether oxygens (including phenoxy) is 1. The van der Waals surface area contributed by atoms with Gasteiger partial charge in [-0.25, -0.2) is 9.37 Å². The molecule has 3 rings (SSSR count). The number of nitrogens with two attached hydrogens (primary N) is 1. The average molecular weight is 286 g/mol. The molecule has 5 heteroatoms. The van der Waals surface area contributed by atoms with Gasteiger partial charge in [-0.15, -0.1) is 0 Å². The third-order valence-corrected chi connectivity index (χ3v) is 3.34. The molecular weight excluding hydrogens is 271 g/mol. The summed E-state index contributed by atoms with van der Waals surface area (Å²) in [5.41, 5.74) is 7.90. The van der Waals surface area contributed by atoms with Gasteiger partial charge < -0.3 is 14.9 Å². The van der Waals surface area contributed by atoms with Crippen LogP contribution in [0.4, 0.5) is 4.39 Å². The lowest BCUT2D eigenvalue weighted by Crippen LogP contribution is -2.16. The van der Waals surface area contributed by atoms with Crippen LogP contribution in [0.5, 0.6) is 5.75 Å². The molecular formula is C16H15FN2O2. The quantitative estimate of drug-likeness (QED) is 0.800. The lowest BCUT2D eigenvalue weighted by atomic mass is 10.0. The van der Waals surface area contributed by atoms with E-state index in [1.165, 1.54) is 13.2 Å². The fourth-order valence-electron chi connectivity index (χ4n) is 2.35. The van der Waals surface area contributed by atoms with Crippen LogP contribution >= 0.6 is 0 Å². The van der Waals surface area contributed by atoms with Gasteiger partial charge in [0.15, 0.2) is 11.5 Å². The van der Waals surface area contributed by atoms with E-state index in [2.05, 4.69) is 4.98 Å². The van der Waals surface area contributed by atoms with Crippen molar-refractivity contribution in [3.63, 3.8) is 0 Å². The van der Waals surface area contributed by atoms with Crippen LogP contribution in [0.15, 0.2) is 46.9 Å². The number of aromatic nitrogens is 1. The summed E-state index contributed by atoms with van der Waals surface area (Å²) in [4.78, 5) is 4.35. The number of nitrogens with zero attached hydrogens (tertiary/aromatic N) is 1. The van der Waals surface area contributed by atoms with Gasteiger partial charge in [-0.3, -0.25) is 0 Å². The van der Waals surface area contributed by atoms with E-state index in [4.69, 9.17) is 14.9 Å². The molecule has 0 radical (unpaired) electrons. The first kappa shape index (κ1) is 13.6. The monoisotopic (exact) mass is 286 g/mol. The summed E-state index contributed by atoms with van der Waals surface area (Å²) in [6, 6.07) is 11.5. The predicted octanol–water partition coefficient (Wildman–Crippen LogP) is 3.22. The third-order valence-electron chi connectivity index (χ3n) is 3.34. The second-order valence-electron chi connectivity index (χ2n) is 4.74. The highest BCUT2D eigenvalue weighted by Crippen LogP contribution is 2.29. The molecule has 0 saturated carbocycles. The van der Waals surface area contributed by atoms with Crippen molar-refractivity contribution in [2.24, 2.45) is 5.73 Å². The molecule has 4 nitrogen and oxygen atoms in total. The SMILES string of the molecule is COc1cccc(F)c1C(N)Cc1nc2ccccc2o1. The highest BCUT2D eigenvalue weighted by atomic mass is 19.1. The van der Waals surface area contributed by atoms with Gasteiger partial charge in [0.2, 0.25) is 0 Å². The highest BCUT2D eigenvalue weighted by Gasteiger charge is 2.19. The van der Waals surface area contributed by atoms with Crippen LogP contribution in [0, 0.1) is 5.82 Å². The first-order chi connectivity index (χ1) is 10.2. The smallest absolute Gasteiger partial charge is 0.197 e. The molecule has 21 heavy (non-hydrogen) atoms. The summed E-state index contributed by atoms with van der Waals surface area (Å²) in [5.74, 6) is 0.519. The van der Waals surface area contributed by atoms with E-state index in [0.717, 1.165) is 5.52 Å². The molecule has 0 aliphatic rings. The van der Waals surface area contributed by atoms with Crippen LogP contribution in [0.25, 0.3) is 11.1 Å². The van der Waals surface area contributed by atoms with Crippen molar-refractivity contribution in [3.8, 4) is 5.75 Å². The maximum Gasteiger partial charge on any atom is 0.197 e. The van der Waals surface area contributed by atoms with Crippen molar-refractivity contribution in [1.29, 1.82) is 0 Å². The Bertz CT molecular complexity index is 737. The maximum absolute atomic E-state index is 14.0. The third kappa shape index (κ3) is 2.60. The van der Waals surface area contributed by atoms with E-state index in [9.17, 15) is 4.39 Å². The van der Waals surface area contributed by atoms with E-state index in [1.807, 2.05) is 24.3 Å². The minimum absolute atomic E-state index is 0.298. The summed E-state index contributed by atoms with van der Waals surface area (Å²) >= 11 is 0. The zero-order valence-corrected chi connectivity index (χ0v) is 11.5. The van der Waals surface area contributed by atoms with Gasteiger partial charge in [-0.05, 0) is 24.3 Å². The fourth-order valence-corrected chi connectivity index (χ4v) is 2.35. The van der Waals surface area contributed by atoms with Crippen molar-refractivity contribution in [3.05, 3.63) is 59.7 Å². The Kier molecular flexibility index (Phi) is 3.58. The number of halogens is 1. The molecule has 2 aromatic carbocycles.